The Kier molecular flexibility index (Phi) is 4.53. The summed E-state index contributed by atoms with van der Waals surface area (Å²) in [5.74, 6) is 2.56. The highest BCUT2D eigenvalue weighted by molar-refractivity contribution is 5.95. The number of rotatable bonds is 3. The molecule has 1 amide bonds. The van der Waals surface area contributed by atoms with Crippen molar-refractivity contribution in [3.05, 3.63) is 34.9 Å². The van der Waals surface area contributed by atoms with Gasteiger partial charge < -0.3 is 5.32 Å². The number of aryl methyl sites for hydroxylation is 2. The molecule has 0 aromatic heterocycles. The van der Waals surface area contributed by atoms with Crippen LogP contribution in [0.15, 0.2) is 18.2 Å². The molecule has 2 bridgehead atoms. The van der Waals surface area contributed by atoms with Crippen LogP contribution in [0.25, 0.3) is 0 Å². The lowest BCUT2D eigenvalue weighted by Gasteiger charge is -2.47. The zero-order chi connectivity index (χ0) is 16.6. The summed E-state index contributed by atoms with van der Waals surface area (Å²) in [5, 5.41) is 3.38. The molecule has 0 heterocycles. The smallest absolute Gasteiger partial charge is 0.251 e. The van der Waals surface area contributed by atoms with Gasteiger partial charge in [-0.25, -0.2) is 0 Å². The molecular formula is C21H31NO. The van der Waals surface area contributed by atoms with E-state index in [9.17, 15) is 4.79 Å². The molecule has 3 rings (SSSR count). The van der Waals surface area contributed by atoms with Crippen LogP contribution in [-0.4, -0.2) is 11.4 Å². The molecule has 0 spiro atoms. The van der Waals surface area contributed by atoms with E-state index in [-0.39, 0.29) is 11.4 Å². The fourth-order valence-corrected chi connectivity index (χ4v) is 5.27. The summed E-state index contributed by atoms with van der Waals surface area (Å²) >= 11 is 0. The molecular weight excluding hydrogens is 282 g/mol. The first-order valence-corrected chi connectivity index (χ1v) is 9.30. The Balaban J connectivity index is 1.71. The molecule has 1 aromatic carbocycles. The first kappa shape index (κ1) is 16.5. The second-order valence-electron chi connectivity index (χ2n) is 8.46. The second kappa shape index (κ2) is 6.30. The van der Waals surface area contributed by atoms with Crippen molar-refractivity contribution in [1.82, 2.24) is 5.32 Å². The van der Waals surface area contributed by atoms with Gasteiger partial charge in [0.05, 0.1) is 0 Å². The molecule has 2 fully saturated rings. The van der Waals surface area contributed by atoms with Gasteiger partial charge in [0.15, 0.2) is 0 Å². The lowest BCUT2D eigenvalue weighted by Crippen LogP contribution is -2.52. The van der Waals surface area contributed by atoms with Crippen molar-refractivity contribution in [2.24, 2.45) is 17.8 Å². The molecule has 2 aliphatic carbocycles. The van der Waals surface area contributed by atoms with E-state index in [4.69, 9.17) is 0 Å². The summed E-state index contributed by atoms with van der Waals surface area (Å²) in [4.78, 5) is 12.7. The van der Waals surface area contributed by atoms with Gasteiger partial charge >= 0.3 is 0 Å². The van der Waals surface area contributed by atoms with E-state index in [2.05, 4.69) is 39.1 Å². The van der Waals surface area contributed by atoms with Crippen molar-refractivity contribution in [3.63, 3.8) is 0 Å². The maximum atomic E-state index is 12.7. The largest absolute Gasteiger partial charge is 0.347 e. The fraction of sp³-hybridized carbons (Fsp3) is 0.667. The third-order valence-corrected chi connectivity index (χ3v) is 6.02. The van der Waals surface area contributed by atoms with Gasteiger partial charge in [-0.05, 0) is 93.4 Å². The number of nitrogens with one attached hydrogen (secondary N) is 1. The van der Waals surface area contributed by atoms with Crippen LogP contribution in [0.2, 0.25) is 0 Å². The average molecular weight is 313 g/mol. The summed E-state index contributed by atoms with van der Waals surface area (Å²) in [6, 6.07) is 6.13. The minimum absolute atomic E-state index is 0.0257. The van der Waals surface area contributed by atoms with Crippen LogP contribution >= 0.6 is 0 Å². The van der Waals surface area contributed by atoms with Crippen molar-refractivity contribution in [1.29, 1.82) is 0 Å². The number of amides is 1. The first-order valence-electron chi connectivity index (χ1n) is 9.30. The maximum Gasteiger partial charge on any atom is 0.251 e. The average Bonchev–Trinajstić information content (AvgIpc) is 2.44. The molecule has 1 aromatic rings. The summed E-state index contributed by atoms with van der Waals surface area (Å²) in [6.45, 7) is 8.90. The highest BCUT2D eigenvalue weighted by Crippen LogP contribution is 2.46. The topological polar surface area (TPSA) is 29.1 Å². The normalized spacial score (nSPS) is 33.3. The van der Waals surface area contributed by atoms with Gasteiger partial charge in [-0.3, -0.25) is 4.79 Å². The second-order valence-corrected chi connectivity index (χ2v) is 8.46. The van der Waals surface area contributed by atoms with Crippen molar-refractivity contribution in [2.75, 3.05) is 0 Å². The van der Waals surface area contributed by atoms with Gasteiger partial charge in [-0.15, -0.1) is 0 Å². The molecule has 2 aliphatic rings. The van der Waals surface area contributed by atoms with Gasteiger partial charge in [0.1, 0.15) is 0 Å². The van der Waals surface area contributed by atoms with E-state index in [0.29, 0.717) is 0 Å². The Labute approximate surface area is 141 Å². The van der Waals surface area contributed by atoms with E-state index >= 15 is 0 Å². The molecule has 0 aliphatic heterocycles. The van der Waals surface area contributed by atoms with E-state index in [1.165, 1.54) is 30.4 Å². The molecule has 23 heavy (non-hydrogen) atoms. The van der Waals surface area contributed by atoms with Crippen LogP contribution in [0.5, 0.6) is 0 Å². The molecule has 0 radical (unpaired) electrons. The van der Waals surface area contributed by atoms with E-state index in [1.54, 1.807) is 0 Å². The van der Waals surface area contributed by atoms with Crippen molar-refractivity contribution in [3.8, 4) is 0 Å². The summed E-state index contributed by atoms with van der Waals surface area (Å²) in [5.41, 5.74) is 3.33. The summed E-state index contributed by atoms with van der Waals surface area (Å²) in [6.07, 6.45) is 7.36. The number of carbonyl (C=O) groups excluding carboxylic acids is 1. The monoisotopic (exact) mass is 313 g/mol. The Bertz CT molecular complexity index is 574. The molecule has 126 valence electrons. The van der Waals surface area contributed by atoms with Crippen LogP contribution in [0.4, 0.5) is 0 Å². The van der Waals surface area contributed by atoms with E-state index in [1.807, 2.05) is 12.1 Å². The van der Waals surface area contributed by atoms with Crippen molar-refractivity contribution < 1.29 is 4.79 Å². The molecule has 2 heteroatoms. The minimum atomic E-state index is -0.0257. The molecule has 1 N–H and O–H groups in total. The number of carbonyl (C=O) groups is 1. The lowest BCUT2D eigenvalue weighted by molar-refractivity contribution is 0.0615. The number of hydrogen-bond acceptors (Lipinski definition) is 1. The number of fused-ring (bicyclic) bond motifs is 2. The molecule has 2 saturated carbocycles. The van der Waals surface area contributed by atoms with Crippen LogP contribution < -0.4 is 5.32 Å². The van der Waals surface area contributed by atoms with E-state index in [0.717, 1.165) is 42.6 Å². The predicted octanol–water partition coefficient (Wildman–Crippen LogP) is 4.89. The number of benzene rings is 1. The van der Waals surface area contributed by atoms with Gasteiger partial charge in [0.25, 0.3) is 5.91 Å². The van der Waals surface area contributed by atoms with E-state index < -0.39 is 0 Å². The summed E-state index contributed by atoms with van der Waals surface area (Å²) < 4.78 is 0. The van der Waals surface area contributed by atoms with Gasteiger partial charge in [0, 0.05) is 11.1 Å². The van der Waals surface area contributed by atoms with Crippen molar-refractivity contribution in [2.45, 2.75) is 71.8 Å². The molecule has 0 saturated heterocycles. The predicted molar refractivity (Wildman–Crippen MR) is 95.7 cm³/mol. The minimum Gasteiger partial charge on any atom is -0.347 e. The van der Waals surface area contributed by atoms with Crippen LogP contribution in [0.3, 0.4) is 0 Å². The Morgan fingerprint density at radius 2 is 1.87 bits per heavy atom. The third-order valence-electron chi connectivity index (χ3n) is 6.02. The quantitative estimate of drug-likeness (QED) is 0.845. The molecule has 2 atom stereocenters. The Morgan fingerprint density at radius 1 is 1.22 bits per heavy atom. The molecule has 2 unspecified atom stereocenters. The van der Waals surface area contributed by atoms with Gasteiger partial charge in [-0.1, -0.05) is 19.9 Å². The summed E-state index contributed by atoms with van der Waals surface area (Å²) in [7, 11) is 0. The maximum absolute atomic E-state index is 12.7. The lowest BCUT2D eigenvalue weighted by atomic mass is 9.62. The van der Waals surface area contributed by atoms with Crippen LogP contribution in [-0.2, 0) is 6.42 Å². The fourth-order valence-electron chi connectivity index (χ4n) is 5.27. The van der Waals surface area contributed by atoms with Crippen LogP contribution in [0.1, 0.15) is 74.4 Å². The van der Waals surface area contributed by atoms with Gasteiger partial charge in [0.2, 0.25) is 0 Å². The highest BCUT2D eigenvalue weighted by Gasteiger charge is 2.41. The zero-order valence-electron chi connectivity index (χ0n) is 15.1. The molecule has 2 nitrogen and oxygen atoms in total. The Hall–Kier alpha value is -1.31. The zero-order valence-corrected chi connectivity index (χ0v) is 15.1. The van der Waals surface area contributed by atoms with Gasteiger partial charge in [-0.2, -0.15) is 0 Å². The number of hydrogen-bond donors (Lipinski definition) is 1. The van der Waals surface area contributed by atoms with Crippen molar-refractivity contribution >= 4 is 5.91 Å². The highest BCUT2D eigenvalue weighted by atomic mass is 16.1. The van der Waals surface area contributed by atoms with Crippen LogP contribution in [0, 0.1) is 24.7 Å². The third kappa shape index (κ3) is 3.62. The first-order chi connectivity index (χ1) is 10.9. The Morgan fingerprint density at radius 3 is 2.43 bits per heavy atom. The standard InChI is InChI=1S/C21H31NO/c1-5-18-6-7-19(10-15(18)3)20(23)22-21(4)12-16-8-14(2)9-17(11-16)13-21/h6-7,10,14,16-17H,5,8-9,11-13H2,1-4H3,(H,22,23). The SMILES string of the molecule is CCc1ccc(C(=O)NC2(C)CC3CC(C)CC(C3)C2)cc1C.